The van der Waals surface area contributed by atoms with Crippen molar-refractivity contribution in [3.05, 3.63) is 0 Å². The van der Waals surface area contributed by atoms with Gasteiger partial charge in [-0.3, -0.25) is 9.29 Å². The fourth-order valence-electron chi connectivity index (χ4n) is 3.22. The summed E-state index contributed by atoms with van der Waals surface area (Å²) >= 11 is 0. The molecule has 2 nitrogen and oxygen atoms in total. The summed E-state index contributed by atoms with van der Waals surface area (Å²) in [5, 5.41) is 3.74. The fraction of sp³-hybridized carbons (Fsp3) is 1.00. The number of hydrogen-bond donors (Lipinski definition) is 1. The normalized spacial score (nSPS) is 34.8. The van der Waals surface area contributed by atoms with Crippen LogP contribution in [0.1, 0.15) is 47.0 Å². The first-order chi connectivity index (χ1) is 8.38. The molecule has 0 aromatic rings. The van der Waals surface area contributed by atoms with Gasteiger partial charge in [0.1, 0.15) is 0 Å². The van der Waals surface area contributed by atoms with Gasteiger partial charge >= 0.3 is 0 Å². The average molecular weight is 256 g/mol. The van der Waals surface area contributed by atoms with Crippen LogP contribution < -0.4 is 5.32 Å². The minimum Gasteiger partial charge on any atom is -0.310 e. The number of nitrogens with zero attached hydrogens (tertiary/aromatic N) is 1. The highest BCUT2D eigenvalue weighted by molar-refractivity contribution is 5.06. The van der Waals surface area contributed by atoms with Gasteiger partial charge in [-0.25, -0.2) is 0 Å². The molecule has 1 saturated heterocycles. The summed E-state index contributed by atoms with van der Waals surface area (Å²) in [7, 11) is 0. The number of rotatable bonds is 4. The molecule has 2 aliphatic rings. The Hall–Kier alpha value is -0.150. The maximum atomic E-state index is 12.5. The summed E-state index contributed by atoms with van der Waals surface area (Å²) in [6, 6.07) is 0.518. The Labute approximate surface area is 111 Å². The molecular weight excluding hydrogens is 227 g/mol. The van der Waals surface area contributed by atoms with Gasteiger partial charge in [-0.15, -0.1) is 0 Å². The highest BCUT2D eigenvalue weighted by atomic mass is 19.1. The van der Waals surface area contributed by atoms with Crippen molar-refractivity contribution in [2.24, 2.45) is 11.3 Å². The molecule has 2 unspecified atom stereocenters. The predicted octanol–water partition coefficient (Wildman–Crippen LogP) is 2.83. The minimum absolute atomic E-state index is 0.190. The van der Waals surface area contributed by atoms with Gasteiger partial charge in [0.15, 0.2) is 0 Å². The molecule has 0 bridgehead atoms. The van der Waals surface area contributed by atoms with Gasteiger partial charge in [0.2, 0.25) is 0 Å². The topological polar surface area (TPSA) is 15.3 Å². The zero-order valence-corrected chi connectivity index (χ0v) is 12.4. The van der Waals surface area contributed by atoms with Crippen LogP contribution in [-0.2, 0) is 0 Å². The Morgan fingerprint density at radius 2 is 2.00 bits per heavy atom. The van der Waals surface area contributed by atoms with Crippen LogP contribution in [0.2, 0.25) is 0 Å². The lowest BCUT2D eigenvalue weighted by Crippen LogP contribution is -2.67. The zero-order chi connectivity index (χ0) is 13.4. The second kappa shape index (κ2) is 5.09. The van der Waals surface area contributed by atoms with E-state index >= 15 is 0 Å². The maximum absolute atomic E-state index is 12.5. The van der Waals surface area contributed by atoms with Crippen molar-refractivity contribution in [3.63, 3.8) is 0 Å². The molecule has 2 atom stereocenters. The Morgan fingerprint density at radius 1 is 1.33 bits per heavy atom. The van der Waals surface area contributed by atoms with Crippen molar-refractivity contribution < 1.29 is 4.39 Å². The summed E-state index contributed by atoms with van der Waals surface area (Å²) < 4.78 is 12.5. The van der Waals surface area contributed by atoms with Crippen LogP contribution in [0.4, 0.5) is 4.39 Å². The SMILES string of the molecule is CC(C)(C)C1CN(CCCF)C(C)(C2CC2)CN1. The Bertz CT molecular complexity index is 283. The van der Waals surface area contributed by atoms with Gasteiger partial charge in [-0.1, -0.05) is 20.8 Å². The lowest BCUT2D eigenvalue weighted by Gasteiger charge is -2.51. The van der Waals surface area contributed by atoms with E-state index in [1.54, 1.807) is 0 Å². The summed E-state index contributed by atoms with van der Waals surface area (Å²) in [5.74, 6) is 0.825. The molecule has 1 heterocycles. The van der Waals surface area contributed by atoms with E-state index in [2.05, 4.69) is 37.9 Å². The van der Waals surface area contributed by atoms with E-state index in [1.165, 1.54) is 12.8 Å². The third-order valence-corrected chi connectivity index (χ3v) is 4.90. The molecule has 1 saturated carbocycles. The maximum Gasteiger partial charge on any atom is 0.0906 e. The molecule has 0 aromatic carbocycles. The van der Waals surface area contributed by atoms with Crippen LogP contribution in [0.25, 0.3) is 0 Å². The van der Waals surface area contributed by atoms with Crippen LogP contribution in [0.3, 0.4) is 0 Å². The summed E-state index contributed by atoms with van der Waals surface area (Å²) in [6.45, 7) is 12.1. The van der Waals surface area contributed by atoms with Crippen molar-refractivity contribution in [1.29, 1.82) is 0 Å². The smallest absolute Gasteiger partial charge is 0.0906 e. The van der Waals surface area contributed by atoms with Crippen LogP contribution in [0.15, 0.2) is 0 Å². The predicted molar refractivity (Wildman–Crippen MR) is 74.5 cm³/mol. The third kappa shape index (κ3) is 2.88. The first-order valence-corrected chi connectivity index (χ1v) is 7.42. The lowest BCUT2D eigenvalue weighted by molar-refractivity contribution is 0.00877. The highest BCUT2D eigenvalue weighted by Crippen LogP contribution is 2.44. The van der Waals surface area contributed by atoms with Crippen LogP contribution in [0, 0.1) is 11.3 Å². The largest absolute Gasteiger partial charge is 0.310 e. The molecule has 0 spiro atoms. The summed E-state index contributed by atoms with van der Waals surface area (Å²) in [5.41, 5.74) is 0.537. The van der Waals surface area contributed by atoms with E-state index in [0.29, 0.717) is 12.5 Å². The van der Waals surface area contributed by atoms with E-state index in [4.69, 9.17) is 0 Å². The van der Waals surface area contributed by atoms with Gasteiger partial charge in [-0.05, 0) is 37.5 Å². The number of hydrogen-bond acceptors (Lipinski definition) is 2. The van der Waals surface area contributed by atoms with Gasteiger partial charge in [-0.2, -0.15) is 0 Å². The number of nitrogens with one attached hydrogen (secondary N) is 1. The minimum atomic E-state index is -0.190. The van der Waals surface area contributed by atoms with Gasteiger partial charge in [0.25, 0.3) is 0 Å². The van der Waals surface area contributed by atoms with Gasteiger partial charge < -0.3 is 5.32 Å². The van der Waals surface area contributed by atoms with Crippen molar-refractivity contribution in [3.8, 4) is 0 Å². The quantitative estimate of drug-likeness (QED) is 0.832. The summed E-state index contributed by atoms with van der Waals surface area (Å²) in [4.78, 5) is 2.57. The standard InChI is InChI=1S/C15H29FN2/c1-14(2,3)13-10-18(9-5-8-16)15(4,11-17-13)12-6-7-12/h12-13,17H,5-11H2,1-4H3. The third-order valence-electron chi connectivity index (χ3n) is 4.90. The molecule has 0 amide bonds. The molecule has 0 radical (unpaired) electrons. The van der Waals surface area contributed by atoms with Crippen molar-refractivity contribution in [2.45, 2.75) is 58.5 Å². The van der Waals surface area contributed by atoms with E-state index in [0.717, 1.165) is 25.6 Å². The lowest BCUT2D eigenvalue weighted by atomic mass is 9.81. The second-order valence-corrected chi connectivity index (χ2v) is 7.42. The molecule has 1 aliphatic carbocycles. The Kier molecular flexibility index (Phi) is 4.03. The number of piperazine rings is 1. The molecule has 106 valence electrons. The molecule has 2 fully saturated rings. The van der Waals surface area contributed by atoms with Gasteiger partial charge in [0.05, 0.1) is 6.67 Å². The van der Waals surface area contributed by atoms with E-state index in [9.17, 15) is 4.39 Å². The Morgan fingerprint density at radius 3 is 2.50 bits per heavy atom. The molecule has 3 heteroatoms. The monoisotopic (exact) mass is 256 g/mol. The van der Waals surface area contributed by atoms with Crippen LogP contribution in [-0.4, -0.2) is 42.8 Å². The highest BCUT2D eigenvalue weighted by Gasteiger charge is 2.49. The fourth-order valence-corrected chi connectivity index (χ4v) is 3.22. The van der Waals surface area contributed by atoms with Crippen molar-refractivity contribution >= 4 is 0 Å². The molecule has 0 aromatic heterocycles. The van der Waals surface area contributed by atoms with E-state index < -0.39 is 0 Å². The molecular formula is C15H29FN2. The van der Waals surface area contributed by atoms with Crippen LogP contribution >= 0.6 is 0 Å². The van der Waals surface area contributed by atoms with Crippen molar-refractivity contribution in [2.75, 3.05) is 26.3 Å². The zero-order valence-electron chi connectivity index (χ0n) is 12.4. The summed E-state index contributed by atoms with van der Waals surface area (Å²) in [6.07, 6.45) is 3.38. The number of halogens is 1. The first kappa shape index (κ1) is 14.3. The molecule has 1 aliphatic heterocycles. The Balaban J connectivity index is 2.05. The van der Waals surface area contributed by atoms with E-state index in [-0.39, 0.29) is 17.6 Å². The molecule has 1 N–H and O–H groups in total. The molecule has 18 heavy (non-hydrogen) atoms. The van der Waals surface area contributed by atoms with Crippen LogP contribution in [0.5, 0.6) is 0 Å². The average Bonchev–Trinajstić information content (AvgIpc) is 3.10. The first-order valence-electron chi connectivity index (χ1n) is 7.42. The van der Waals surface area contributed by atoms with E-state index in [1.807, 2.05) is 0 Å². The second-order valence-electron chi connectivity index (χ2n) is 7.42. The van der Waals surface area contributed by atoms with Gasteiger partial charge in [0, 0.05) is 31.2 Å². The number of alkyl halides is 1. The molecule has 2 rings (SSSR count). The van der Waals surface area contributed by atoms with Crippen molar-refractivity contribution in [1.82, 2.24) is 10.2 Å².